The molecule has 0 aliphatic heterocycles. The Hall–Kier alpha value is -1.35. The molecule has 2 rings (SSSR count). The molecule has 24 heavy (non-hydrogen) atoms. The van der Waals surface area contributed by atoms with Crippen LogP contribution in [0.25, 0.3) is 0 Å². The zero-order valence-electron chi connectivity index (χ0n) is 14.5. The number of aryl methyl sites for hydroxylation is 2. The van der Waals surface area contributed by atoms with Crippen molar-refractivity contribution in [2.24, 2.45) is 4.99 Å². The maximum atomic E-state index is 5.71. The lowest BCUT2D eigenvalue weighted by Gasteiger charge is -2.14. The zero-order valence-corrected chi connectivity index (χ0v) is 17.7. The number of rotatable bonds is 6. The van der Waals surface area contributed by atoms with Crippen molar-refractivity contribution in [2.75, 3.05) is 13.7 Å². The topological polar surface area (TPSA) is 58.5 Å². The molecule has 0 atom stereocenters. The quantitative estimate of drug-likeness (QED) is 0.393. The average molecular weight is 460 g/mol. The standard InChI is InChI=1S/C17H24N4OS.HI/c1-5-22-15-8-12(2)6-7-14(15)9-19-17(18-4)20-10-16-13(3)21-11-23-16;/h6-8,11H,5,9-10H2,1-4H3,(H2,18,19,20);1H. The predicted molar refractivity (Wildman–Crippen MR) is 112 cm³/mol. The molecule has 0 saturated carbocycles. The van der Waals surface area contributed by atoms with E-state index in [1.54, 1.807) is 18.4 Å². The molecule has 0 fully saturated rings. The first-order chi connectivity index (χ1) is 11.1. The van der Waals surface area contributed by atoms with E-state index in [9.17, 15) is 0 Å². The van der Waals surface area contributed by atoms with E-state index in [0.29, 0.717) is 13.2 Å². The second kappa shape index (κ2) is 10.5. The van der Waals surface area contributed by atoms with Crippen molar-refractivity contribution in [3.63, 3.8) is 0 Å². The Balaban J connectivity index is 0.00000288. The van der Waals surface area contributed by atoms with E-state index in [2.05, 4.69) is 45.7 Å². The number of benzene rings is 1. The van der Waals surface area contributed by atoms with Crippen LogP contribution in [0.1, 0.15) is 28.6 Å². The molecule has 0 radical (unpaired) electrons. The fourth-order valence-electron chi connectivity index (χ4n) is 2.16. The summed E-state index contributed by atoms with van der Waals surface area (Å²) in [5.41, 5.74) is 5.24. The Bertz CT molecular complexity index is 672. The smallest absolute Gasteiger partial charge is 0.191 e. The molecule has 1 aromatic carbocycles. The molecule has 0 bridgehead atoms. The minimum Gasteiger partial charge on any atom is -0.494 e. The molecular weight excluding hydrogens is 435 g/mol. The van der Waals surface area contributed by atoms with Crippen molar-refractivity contribution < 1.29 is 4.74 Å². The summed E-state index contributed by atoms with van der Waals surface area (Å²) in [4.78, 5) is 9.74. The van der Waals surface area contributed by atoms with E-state index in [1.807, 2.05) is 19.4 Å². The van der Waals surface area contributed by atoms with Crippen molar-refractivity contribution >= 4 is 41.3 Å². The van der Waals surface area contributed by atoms with Crippen LogP contribution in [0.3, 0.4) is 0 Å². The summed E-state index contributed by atoms with van der Waals surface area (Å²) in [5.74, 6) is 1.69. The average Bonchev–Trinajstić information content (AvgIpc) is 2.95. The van der Waals surface area contributed by atoms with Crippen molar-refractivity contribution in [3.05, 3.63) is 45.4 Å². The van der Waals surface area contributed by atoms with Gasteiger partial charge in [0.15, 0.2) is 5.96 Å². The van der Waals surface area contributed by atoms with E-state index >= 15 is 0 Å². The lowest BCUT2D eigenvalue weighted by Crippen LogP contribution is -2.36. The first-order valence-electron chi connectivity index (χ1n) is 7.69. The van der Waals surface area contributed by atoms with E-state index in [1.165, 1.54) is 10.4 Å². The SMILES string of the molecule is CCOc1cc(C)ccc1CNC(=NC)NCc1scnc1C.I. The Morgan fingerprint density at radius 1 is 1.25 bits per heavy atom. The van der Waals surface area contributed by atoms with Crippen LogP contribution < -0.4 is 15.4 Å². The number of aliphatic imine (C=N–C) groups is 1. The second-order valence-electron chi connectivity index (χ2n) is 5.18. The molecule has 2 N–H and O–H groups in total. The Morgan fingerprint density at radius 3 is 2.62 bits per heavy atom. The Morgan fingerprint density at radius 2 is 2.00 bits per heavy atom. The fourth-order valence-corrected chi connectivity index (χ4v) is 2.87. The van der Waals surface area contributed by atoms with Crippen molar-refractivity contribution in [3.8, 4) is 5.75 Å². The van der Waals surface area contributed by atoms with Gasteiger partial charge in [-0.25, -0.2) is 4.98 Å². The van der Waals surface area contributed by atoms with Gasteiger partial charge in [-0.05, 0) is 32.4 Å². The molecule has 5 nitrogen and oxygen atoms in total. The highest BCUT2D eigenvalue weighted by atomic mass is 127. The summed E-state index contributed by atoms with van der Waals surface area (Å²) in [7, 11) is 1.77. The minimum atomic E-state index is 0. The highest BCUT2D eigenvalue weighted by Gasteiger charge is 2.06. The molecular formula is C17H25IN4OS. The normalized spacial score (nSPS) is 10.9. The van der Waals surface area contributed by atoms with Crippen molar-refractivity contribution in [2.45, 2.75) is 33.9 Å². The summed E-state index contributed by atoms with van der Waals surface area (Å²) in [5, 5.41) is 6.64. The highest BCUT2D eigenvalue weighted by Crippen LogP contribution is 2.20. The largest absolute Gasteiger partial charge is 0.494 e. The number of nitrogens with one attached hydrogen (secondary N) is 2. The third-order valence-corrected chi connectivity index (χ3v) is 4.39. The minimum absolute atomic E-state index is 0. The maximum absolute atomic E-state index is 5.71. The Kier molecular flexibility index (Phi) is 9.05. The zero-order chi connectivity index (χ0) is 16.7. The van der Waals surface area contributed by atoms with Crippen LogP contribution in [0.15, 0.2) is 28.7 Å². The van der Waals surface area contributed by atoms with Gasteiger partial charge in [0.2, 0.25) is 0 Å². The molecule has 0 spiro atoms. The number of aromatic nitrogens is 1. The summed E-state index contributed by atoms with van der Waals surface area (Å²) < 4.78 is 5.71. The van der Waals surface area contributed by atoms with Crippen LogP contribution in [0.5, 0.6) is 5.75 Å². The van der Waals surface area contributed by atoms with Crippen LogP contribution in [0.2, 0.25) is 0 Å². The molecule has 1 aromatic heterocycles. The van der Waals surface area contributed by atoms with E-state index in [4.69, 9.17) is 4.74 Å². The van der Waals surface area contributed by atoms with Crippen LogP contribution in [0.4, 0.5) is 0 Å². The van der Waals surface area contributed by atoms with Gasteiger partial charge in [-0.15, -0.1) is 35.3 Å². The molecule has 7 heteroatoms. The van der Waals surface area contributed by atoms with Gasteiger partial charge < -0.3 is 15.4 Å². The number of hydrogen-bond acceptors (Lipinski definition) is 4. The number of hydrogen-bond donors (Lipinski definition) is 2. The van der Waals surface area contributed by atoms with Gasteiger partial charge >= 0.3 is 0 Å². The van der Waals surface area contributed by atoms with Crippen LogP contribution in [-0.2, 0) is 13.1 Å². The summed E-state index contributed by atoms with van der Waals surface area (Å²) in [6.45, 7) is 8.13. The van der Waals surface area contributed by atoms with Gasteiger partial charge in [-0.1, -0.05) is 12.1 Å². The molecule has 0 unspecified atom stereocenters. The van der Waals surface area contributed by atoms with Gasteiger partial charge in [0.05, 0.1) is 24.4 Å². The van der Waals surface area contributed by atoms with Crippen LogP contribution in [-0.4, -0.2) is 24.6 Å². The maximum Gasteiger partial charge on any atom is 0.191 e. The van der Waals surface area contributed by atoms with Gasteiger partial charge in [0, 0.05) is 24.0 Å². The first-order valence-corrected chi connectivity index (χ1v) is 8.57. The number of halogens is 1. The number of ether oxygens (including phenoxy) is 1. The number of guanidine groups is 1. The monoisotopic (exact) mass is 460 g/mol. The molecule has 1 heterocycles. The summed E-state index contributed by atoms with van der Waals surface area (Å²) in [6, 6.07) is 6.25. The van der Waals surface area contributed by atoms with E-state index in [0.717, 1.165) is 29.5 Å². The third-order valence-electron chi connectivity index (χ3n) is 3.45. The van der Waals surface area contributed by atoms with Crippen molar-refractivity contribution in [1.29, 1.82) is 0 Å². The van der Waals surface area contributed by atoms with Gasteiger partial charge in [-0.3, -0.25) is 4.99 Å². The lowest BCUT2D eigenvalue weighted by atomic mass is 10.1. The van der Waals surface area contributed by atoms with Crippen LogP contribution in [0, 0.1) is 13.8 Å². The van der Waals surface area contributed by atoms with E-state index in [-0.39, 0.29) is 24.0 Å². The molecule has 0 aliphatic rings. The molecule has 0 aliphatic carbocycles. The van der Waals surface area contributed by atoms with Gasteiger partial charge in [-0.2, -0.15) is 0 Å². The molecule has 0 amide bonds. The van der Waals surface area contributed by atoms with E-state index < -0.39 is 0 Å². The van der Waals surface area contributed by atoms with Crippen LogP contribution >= 0.6 is 35.3 Å². The number of nitrogens with zero attached hydrogens (tertiary/aromatic N) is 2. The lowest BCUT2D eigenvalue weighted by molar-refractivity contribution is 0.336. The summed E-state index contributed by atoms with van der Waals surface area (Å²) >= 11 is 1.65. The molecule has 0 saturated heterocycles. The first kappa shape index (κ1) is 20.7. The second-order valence-corrected chi connectivity index (χ2v) is 6.12. The van der Waals surface area contributed by atoms with Crippen molar-refractivity contribution in [1.82, 2.24) is 15.6 Å². The third kappa shape index (κ3) is 5.94. The number of thiazole rings is 1. The Labute approximate surface area is 165 Å². The highest BCUT2D eigenvalue weighted by molar-refractivity contribution is 14.0. The fraction of sp³-hybridized carbons (Fsp3) is 0.412. The summed E-state index contributed by atoms with van der Waals surface area (Å²) in [6.07, 6.45) is 0. The van der Waals surface area contributed by atoms with Gasteiger partial charge in [0.1, 0.15) is 5.75 Å². The predicted octanol–water partition coefficient (Wildman–Crippen LogP) is 3.64. The molecule has 2 aromatic rings. The van der Waals surface area contributed by atoms with Gasteiger partial charge in [0.25, 0.3) is 0 Å². The molecule has 132 valence electrons.